The SMILES string of the molecule is O=NC(=O)C1CCOc2cc(Oc3ccc(C(=O)NCCc4ccc(C(F)(F)F)nc4C4CC4)cc3)c(Cl)cc21. The van der Waals surface area contributed by atoms with Crippen LogP contribution in [0.25, 0.3) is 0 Å². The lowest BCUT2D eigenvalue weighted by atomic mass is 9.92. The highest BCUT2D eigenvalue weighted by molar-refractivity contribution is 6.32. The molecule has 0 spiro atoms. The number of nitrogens with one attached hydrogen (secondary N) is 1. The van der Waals surface area contributed by atoms with Crippen LogP contribution < -0.4 is 14.8 Å². The Hall–Kier alpha value is -3.99. The number of rotatable bonds is 8. The Kier molecular flexibility index (Phi) is 7.75. The normalized spacial score (nSPS) is 16.4. The second-order valence-electron chi connectivity index (χ2n) is 9.58. The lowest BCUT2D eigenvalue weighted by molar-refractivity contribution is -0.141. The highest BCUT2D eigenvalue weighted by atomic mass is 35.5. The van der Waals surface area contributed by atoms with Crippen molar-refractivity contribution in [1.29, 1.82) is 0 Å². The van der Waals surface area contributed by atoms with Gasteiger partial charge in [0.05, 0.1) is 17.5 Å². The van der Waals surface area contributed by atoms with Crippen molar-refractivity contribution in [3.63, 3.8) is 0 Å². The third-order valence-electron chi connectivity index (χ3n) is 6.78. The van der Waals surface area contributed by atoms with E-state index in [0.717, 1.165) is 18.9 Å². The maximum absolute atomic E-state index is 13.1. The van der Waals surface area contributed by atoms with Crippen LogP contribution in [0.2, 0.25) is 5.02 Å². The molecule has 208 valence electrons. The fraction of sp³-hybridized carbons (Fsp3) is 0.321. The standard InChI is InChI=1S/C28H23ClF3N3O5/c29-21-13-20-19(27(37)35-38)10-12-39-22(20)14-23(21)40-18-6-3-17(4-7-18)26(36)33-11-9-16-5-8-24(28(30,31)32)34-25(16)15-1-2-15/h3-8,13-15,19H,1-2,9-12H2,(H,33,36). The lowest BCUT2D eigenvalue weighted by Gasteiger charge is -2.24. The summed E-state index contributed by atoms with van der Waals surface area (Å²) in [5, 5.41) is 5.51. The molecule has 1 saturated carbocycles. The number of hydrogen-bond acceptors (Lipinski definition) is 6. The molecule has 1 aliphatic carbocycles. The Morgan fingerprint density at radius 1 is 1.10 bits per heavy atom. The average Bonchev–Trinajstić information content (AvgIpc) is 3.78. The zero-order valence-corrected chi connectivity index (χ0v) is 21.7. The summed E-state index contributed by atoms with van der Waals surface area (Å²) in [6, 6.07) is 11.8. The minimum absolute atomic E-state index is 0.0352. The number of amides is 2. The maximum Gasteiger partial charge on any atom is 0.433 e. The zero-order valence-electron chi connectivity index (χ0n) is 21.0. The van der Waals surface area contributed by atoms with E-state index < -0.39 is 23.7 Å². The van der Waals surface area contributed by atoms with Crippen molar-refractivity contribution in [2.45, 2.75) is 43.7 Å². The number of hydrogen-bond donors (Lipinski definition) is 1. The summed E-state index contributed by atoms with van der Waals surface area (Å²) in [5.41, 5.74) is 1.09. The van der Waals surface area contributed by atoms with Gasteiger partial charge in [-0.25, -0.2) is 4.98 Å². The smallest absolute Gasteiger partial charge is 0.433 e. The van der Waals surface area contributed by atoms with Crippen molar-refractivity contribution >= 4 is 23.4 Å². The fourth-order valence-electron chi connectivity index (χ4n) is 4.59. The predicted octanol–water partition coefficient (Wildman–Crippen LogP) is 6.56. The molecule has 1 aromatic heterocycles. The van der Waals surface area contributed by atoms with Gasteiger partial charge in [0.25, 0.3) is 11.8 Å². The number of ether oxygens (including phenoxy) is 2. The van der Waals surface area contributed by atoms with Crippen LogP contribution in [0.5, 0.6) is 17.2 Å². The number of aromatic nitrogens is 1. The number of halogens is 4. The predicted molar refractivity (Wildman–Crippen MR) is 139 cm³/mol. The van der Waals surface area contributed by atoms with E-state index in [-0.39, 0.29) is 35.7 Å². The molecule has 8 nitrogen and oxygen atoms in total. The Morgan fingerprint density at radius 3 is 2.52 bits per heavy atom. The van der Waals surface area contributed by atoms with Crippen molar-refractivity contribution in [3.05, 3.63) is 86.5 Å². The van der Waals surface area contributed by atoms with Gasteiger partial charge in [-0.05, 0) is 67.6 Å². The van der Waals surface area contributed by atoms with Gasteiger partial charge in [-0.2, -0.15) is 13.2 Å². The first kappa shape index (κ1) is 27.6. The molecule has 2 aromatic carbocycles. The molecule has 0 radical (unpaired) electrons. The zero-order chi connectivity index (χ0) is 28.4. The highest BCUT2D eigenvalue weighted by Crippen LogP contribution is 2.43. The molecule has 1 N–H and O–H groups in total. The van der Waals surface area contributed by atoms with E-state index in [1.54, 1.807) is 24.3 Å². The highest BCUT2D eigenvalue weighted by Gasteiger charge is 2.35. The van der Waals surface area contributed by atoms with E-state index in [4.69, 9.17) is 21.1 Å². The van der Waals surface area contributed by atoms with Crippen LogP contribution in [0.4, 0.5) is 13.2 Å². The Morgan fingerprint density at radius 2 is 1.85 bits per heavy atom. The van der Waals surface area contributed by atoms with Crippen molar-refractivity contribution < 1.29 is 32.2 Å². The molecule has 5 rings (SSSR count). The molecule has 1 unspecified atom stereocenters. The van der Waals surface area contributed by atoms with Gasteiger partial charge in [-0.15, -0.1) is 4.91 Å². The van der Waals surface area contributed by atoms with Crippen LogP contribution in [0.3, 0.4) is 0 Å². The van der Waals surface area contributed by atoms with Gasteiger partial charge in [0.15, 0.2) is 0 Å². The maximum atomic E-state index is 13.1. The number of nitroso groups, excluding NO2 is 1. The van der Waals surface area contributed by atoms with Crippen LogP contribution in [-0.2, 0) is 17.4 Å². The molecule has 1 atom stereocenters. The molecular formula is C28H23ClF3N3O5. The first-order valence-corrected chi connectivity index (χ1v) is 13.0. The van der Waals surface area contributed by atoms with Crippen LogP contribution in [0, 0.1) is 4.91 Å². The van der Waals surface area contributed by atoms with E-state index in [9.17, 15) is 27.7 Å². The van der Waals surface area contributed by atoms with Crippen molar-refractivity contribution in [3.8, 4) is 17.2 Å². The number of fused-ring (bicyclic) bond motifs is 1. The second kappa shape index (κ2) is 11.2. The molecule has 0 bridgehead atoms. The van der Waals surface area contributed by atoms with Gasteiger partial charge in [-0.1, -0.05) is 17.7 Å². The summed E-state index contributed by atoms with van der Waals surface area (Å²) >= 11 is 6.35. The average molecular weight is 574 g/mol. The van der Waals surface area contributed by atoms with E-state index >= 15 is 0 Å². The monoisotopic (exact) mass is 573 g/mol. The van der Waals surface area contributed by atoms with Gasteiger partial charge < -0.3 is 14.8 Å². The summed E-state index contributed by atoms with van der Waals surface area (Å²) in [7, 11) is 0. The number of nitrogens with zero attached hydrogens (tertiary/aromatic N) is 2. The molecule has 2 aliphatic rings. The first-order chi connectivity index (χ1) is 19.1. The molecular weight excluding hydrogens is 551 g/mol. The van der Waals surface area contributed by atoms with Gasteiger partial charge in [-0.3, -0.25) is 9.59 Å². The second-order valence-corrected chi connectivity index (χ2v) is 9.99. The number of pyridine rings is 1. The minimum Gasteiger partial charge on any atom is -0.493 e. The number of carbonyl (C=O) groups is 2. The number of carbonyl (C=O) groups excluding carboxylic acids is 2. The summed E-state index contributed by atoms with van der Waals surface area (Å²) < 4.78 is 50.6. The molecule has 3 aromatic rings. The van der Waals surface area contributed by atoms with Crippen molar-refractivity contribution in [1.82, 2.24) is 10.3 Å². The molecule has 2 amide bonds. The van der Waals surface area contributed by atoms with Gasteiger partial charge in [0, 0.05) is 40.5 Å². The summed E-state index contributed by atoms with van der Waals surface area (Å²) in [5.74, 6) is -0.796. The third kappa shape index (κ3) is 6.09. The summed E-state index contributed by atoms with van der Waals surface area (Å²) in [6.45, 7) is 0.471. The van der Waals surface area contributed by atoms with E-state index in [1.807, 2.05) is 0 Å². The number of alkyl halides is 3. The topological polar surface area (TPSA) is 107 Å². The molecule has 1 fully saturated rings. The molecule has 1 aliphatic heterocycles. The lowest BCUT2D eigenvalue weighted by Crippen LogP contribution is -2.26. The largest absolute Gasteiger partial charge is 0.493 e. The van der Waals surface area contributed by atoms with E-state index in [2.05, 4.69) is 15.5 Å². The van der Waals surface area contributed by atoms with Crippen molar-refractivity contribution in [2.24, 2.45) is 5.18 Å². The Bertz CT molecular complexity index is 1460. The molecule has 2 heterocycles. The van der Waals surface area contributed by atoms with Gasteiger partial charge in [0.2, 0.25) is 0 Å². The third-order valence-corrected chi connectivity index (χ3v) is 7.08. The van der Waals surface area contributed by atoms with Gasteiger partial charge in [0.1, 0.15) is 22.9 Å². The summed E-state index contributed by atoms with van der Waals surface area (Å²) in [6.07, 6.45) is -2.20. The van der Waals surface area contributed by atoms with Gasteiger partial charge >= 0.3 is 6.18 Å². The van der Waals surface area contributed by atoms with E-state index in [1.165, 1.54) is 18.2 Å². The fourth-order valence-corrected chi connectivity index (χ4v) is 4.80. The van der Waals surface area contributed by atoms with Crippen LogP contribution in [-0.4, -0.2) is 29.9 Å². The van der Waals surface area contributed by atoms with Crippen molar-refractivity contribution in [2.75, 3.05) is 13.2 Å². The van der Waals surface area contributed by atoms with Crippen LogP contribution in [0.15, 0.2) is 53.7 Å². The Balaban J connectivity index is 1.20. The minimum atomic E-state index is -4.50. The van der Waals surface area contributed by atoms with Crippen LogP contribution >= 0.6 is 11.6 Å². The van der Waals surface area contributed by atoms with E-state index in [0.29, 0.717) is 46.7 Å². The molecule has 12 heteroatoms. The molecule has 0 saturated heterocycles. The quantitative estimate of drug-likeness (QED) is 0.306. The summed E-state index contributed by atoms with van der Waals surface area (Å²) in [4.78, 5) is 39.1. The Labute approximate surface area is 231 Å². The first-order valence-electron chi connectivity index (χ1n) is 12.6. The molecule has 40 heavy (non-hydrogen) atoms. The van der Waals surface area contributed by atoms with Crippen LogP contribution in [0.1, 0.15) is 64.0 Å². The number of benzene rings is 2.